The number of thiazole rings is 1. The molecular formula is C21H15N3O6S. The molecule has 4 rings (SSSR count). The second kappa shape index (κ2) is 8.36. The molecule has 4 aromatic rings. The molecule has 0 bridgehead atoms. The highest BCUT2D eigenvalue weighted by Crippen LogP contribution is 2.27. The molecule has 0 radical (unpaired) electrons. The van der Waals surface area contributed by atoms with E-state index in [1.807, 2.05) is 6.07 Å². The highest BCUT2D eigenvalue weighted by molar-refractivity contribution is 7.14. The minimum absolute atomic E-state index is 0.00283. The Balaban J connectivity index is 1.40. The summed E-state index contributed by atoms with van der Waals surface area (Å²) in [5.41, 5.74) is 1.52. The van der Waals surface area contributed by atoms with Gasteiger partial charge in [-0.2, -0.15) is 0 Å². The van der Waals surface area contributed by atoms with Crippen LogP contribution in [0.2, 0.25) is 0 Å². The fourth-order valence-electron chi connectivity index (χ4n) is 2.80. The molecule has 156 valence electrons. The van der Waals surface area contributed by atoms with Gasteiger partial charge in [0.05, 0.1) is 10.6 Å². The third-order valence-electron chi connectivity index (χ3n) is 4.37. The third kappa shape index (κ3) is 4.43. The van der Waals surface area contributed by atoms with E-state index in [1.54, 1.807) is 41.8 Å². The number of hydrogen-bond acceptors (Lipinski definition) is 8. The summed E-state index contributed by atoms with van der Waals surface area (Å²) in [5, 5.41) is 16.2. The van der Waals surface area contributed by atoms with E-state index in [9.17, 15) is 19.7 Å². The van der Waals surface area contributed by atoms with Crippen LogP contribution in [0.4, 0.5) is 10.8 Å². The molecule has 0 fully saturated rings. The molecule has 0 saturated heterocycles. The molecular weight excluding hydrogens is 422 g/mol. The Labute approximate surface area is 179 Å². The monoisotopic (exact) mass is 437 g/mol. The summed E-state index contributed by atoms with van der Waals surface area (Å²) in [4.78, 5) is 39.4. The van der Waals surface area contributed by atoms with Crippen molar-refractivity contribution in [1.29, 1.82) is 0 Å². The molecule has 0 aliphatic carbocycles. The van der Waals surface area contributed by atoms with Gasteiger partial charge in [-0.25, -0.2) is 9.78 Å². The average Bonchev–Trinajstić information content (AvgIpc) is 3.40. The Kier molecular flexibility index (Phi) is 5.46. The number of amides is 1. The Morgan fingerprint density at radius 2 is 2.00 bits per heavy atom. The summed E-state index contributed by atoms with van der Waals surface area (Å²) in [6.07, 6.45) is -1.09. The van der Waals surface area contributed by atoms with Crippen LogP contribution < -0.4 is 5.32 Å². The Morgan fingerprint density at radius 3 is 2.77 bits per heavy atom. The van der Waals surface area contributed by atoms with Gasteiger partial charge in [0.25, 0.3) is 11.6 Å². The number of para-hydroxylation sites is 1. The van der Waals surface area contributed by atoms with Crippen molar-refractivity contribution >= 4 is 45.0 Å². The summed E-state index contributed by atoms with van der Waals surface area (Å²) in [5.74, 6) is -1.32. The van der Waals surface area contributed by atoms with Gasteiger partial charge in [0.15, 0.2) is 11.2 Å². The number of nitro benzene ring substituents is 1. The van der Waals surface area contributed by atoms with Gasteiger partial charge >= 0.3 is 5.97 Å². The molecule has 1 atom stereocenters. The van der Waals surface area contributed by atoms with E-state index in [0.717, 1.165) is 16.7 Å². The standard InChI is InChI=1S/C21H15N3O6S/c1-12(29-20(26)18-10-14-5-2-3-8-17(14)30-18)19(25)23-21-22-16(11-31-21)13-6-4-7-15(9-13)24(27)28/h2-12H,1H3,(H,22,23,25). The SMILES string of the molecule is CC(OC(=O)c1cc2ccccc2o1)C(=O)Nc1nc(-c2cccc([N+](=O)[O-])c2)cs1. The van der Waals surface area contributed by atoms with Crippen molar-refractivity contribution in [1.82, 2.24) is 4.98 Å². The van der Waals surface area contributed by atoms with Gasteiger partial charge in [-0.1, -0.05) is 30.3 Å². The molecule has 10 heteroatoms. The van der Waals surface area contributed by atoms with Crippen molar-refractivity contribution in [3.8, 4) is 11.3 Å². The molecule has 0 saturated carbocycles. The second-order valence-corrected chi connectivity index (χ2v) is 7.39. The average molecular weight is 437 g/mol. The fraction of sp³-hybridized carbons (Fsp3) is 0.0952. The van der Waals surface area contributed by atoms with Crippen LogP contribution in [0.3, 0.4) is 0 Å². The lowest BCUT2D eigenvalue weighted by molar-refractivity contribution is -0.384. The lowest BCUT2D eigenvalue weighted by Gasteiger charge is -2.11. The molecule has 0 aliphatic rings. The van der Waals surface area contributed by atoms with Crippen LogP contribution >= 0.6 is 11.3 Å². The second-order valence-electron chi connectivity index (χ2n) is 6.53. The summed E-state index contributed by atoms with van der Waals surface area (Å²) in [6, 6.07) is 14.7. The molecule has 9 nitrogen and oxygen atoms in total. The van der Waals surface area contributed by atoms with Gasteiger partial charge in [-0.15, -0.1) is 11.3 Å². The smallest absolute Gasteiger partial charge is 0.375 e. The van der Waals surface area contributed by atoms with Gasteiger partial charge in [0.1, 0.15) is 5.58 Å². The van der Waals surface area contributed by atoms with Crippen molar-refractivity contribution in [2.45, 2.75) is 13.0 Å². The van der Waals surface area contributed by atoms with Gasteiger partial charge in [-0.05, 0) is 19.1 Å². The maximum absolute atomic E-state index is 12.4. The molecule has 1 amide bonds. The van der Waals surface area contributed by atoms with Crippen LogP contribution in [0.5, 0.6) is 0 Å². The number of nitro groups is 1. The fourth-order valence-corrected chi connectivity index (χ4v) is 3.53. The number of ether oxygens (including phenoxy) is 1. The van der Waals surface area contributed by atoms with Crippen molar-refractivity contribution in [2.75, 3.05) is 5.32 Å². The van der Waals surface area contributed by atoms with Crippen molar-refractivity contribution < 1.29 is 23.7 Å². The summed E-state index contributed by atoms with van der Waals surface area (Å²) in [6.45, 7) is 1.44. The normalized spacial score (nSPS) is 11.8. The minimum atomic E-state index is -1.09. The van der Waals surface area contributed by atoms with Crippen LogP contribution in [-0.2, 0) is 9.53 Å². The number of non-ortho nitro benzene ring substituents is 1. The largest absolute Gasteiger partial charge is 0.449 e. The third-order valence-corrected chi connectivity index (χ3v) is 5.12. The molecule has 1 unspecified atom stereocenters. The molecule has 2 aromatic carbocycles. The lowest BCUT2D eigenvalue weighted by Crippen LogP contribution is -2.29. The zero-order chi connectivity index (χ0) is 22.0. The number of carbonyl (C=O) groups excluding carboxylic acids is 2. The zero-order valence-corrected chi connectivity index (χ0v) is 16.9. The van der Waals surface area contributed by atoms with Crippen LogP contribution in [-0.4, -0.2) is 27.9 Å². The van der Waals surface area contributed by atoms with Crippen molar-refractivity contribution in [3.05, 3.63) is 75.9 Å². The van der Waals surface area contributed by atoms with Crippen LogP contribution in [0, 0.1) is 10.1 Å². The maximum atomic E-state index is 12.4. The van der Waals surface area contributed by atoms with Crippen LogP contribution in [0.25, 0.3) is 22.2 Å². The first-order valence-electron chi connectivity index (χ1n) is 9.11. The molecule has 0 aliphatic heterocycles. The minimum Gasteiger partial charge on any atom is -0.449 e. The molecule has 31 heavy (non-hydrogen) atoms. The topological polar surface area (TPSA) is 125 Å². The van der Waals surface area contributed by atoms with Crippen molar-refractivity contribution in [2.24, 2.45) is 0 Å². The van der Waals surface area contributed by atoms with Gasteiger partial charge in [0, 0.05) is 28.5 Å². The Hall–Kier alpha value is -4.05. The number of fused-ring (bicyclic) bond motifs is 1. The van der Waals surface area contributed by atoms with Gasteiger partial charge in [-0.3, -0.25) is 20.2 Å². The number of benzene rings is 2. The van der Waals surface area contributed by atoms with Crippen LogP contribution in [0.1, 0.15) is 17.5 Å². The number of aromatic nitrogens is 1. The Morgan fingerprint density at radius 1 is 1.19 bits per heavy atom. The number of hydrogen-bond donors (Lipinski definition) is 1. The molecule has 2 heterocycles. The Bertz CT molecular complexity index is 1260. The van der Waals surface area contributed by atoms with E-state index < -0.39 is 22.9 Å². The predicted molar refractivity (Wildman–Crippen MR) is 114 cm³/mol. The van der Waals surface area contributed by atoms with E-state index >= 15 is 0 Å². The molecule has 0 spiro atoms. The van der Waals surface area contributed by atoms with Crippen molar-refractivity contribution in [3.63, 3.8) is 0 Å². The number of furan rings is 1. The highest BCUT2D eigenvalue weighted by atomic mass is 32.1. The first-order chi connectivity index (χ1) is 14.9. The first-order valence-corrected chi connectivity index (χ1v) is 9.99. The summed E-state index contributed by atoms with van der Waals surface area (Å²) in [7, 11) is 0. The number of anilines is 1. The van der Waals surface area contributed by atoms with Gasteiger partial charge in [0.2, 0.25) is 5.76 Å². The van der Waals surface area contributed by atoms with Crippen LogP contribution in [0.15, 0.2) is 64.4 Å². The number of nitrogens with zero attached hydrogens (tertiary/aromatic N) is 2. The number of esters is 1. The molecule has 1 N–H and O–H groups in total. The number of carbonyl (C=O) groups is 2. The zero-order valence-electron chi connectivity index (χ0n) is 16.1. The number of rotatable bonds is 6. The predicted octanol–water partition coefficient (Wildman–Crippen LogP) is 4.65. The summed E-state index contributed by atoms with van der Waals surface area (Å²) < 4.78 is 10.6. The van der Waals surface area contributed by atoms with E-state index in [-0.39, 0.29) is 16.6 Å². The van der Waals surface area contributed by atoms with E-state index in [4.69, 9.17) is 9.15 Å². The van der Waals surface area contributed by atoms with Gasteiger partial charge < -0.3 is 9.15 Å². The van der Waals surface area contributed by atoms with E-state index in [0.29, 0.717) is 16.8 Å². The summed E-state index contributed by atoms with van der Waals surface area (Å²) >= 11 is 1.15. The molecule has 2 aromatic heterocycles. The highest BCUT2D eigenvalue weighted by Gasteiger charge is 2.22. The van der Waals surface area contributed by atoms with E-state index in [2.05, 4.69) is 10.3 Å². The quantitative estimate of drug-likeness (QED) is 0.264. The lowest BCUT2D eigenvalue weighted by atomic mass is 10.1. The number of nitrogens with one attached hydrogen (secondary N) is 1. The maximum Gasteiger partial charge on any atom is 0.375 e. The first kappa shape index (κ1) is 20.2. The van der Waals surface area contributed by atoms with E-state index in [1.165, 1.54) is 19.1 Å².